The molecule has 0 aliphatic carbocycles. The first-order chi connectivity index (χ1) is 18.9. The molecular weight excluding hydrogens is 572 g/mol. The Morgan fingerprint density at radius 1 is 1.25 bits per heavy atom. The molecule has 0 radical (unpaired) electrons. The van der Waals surface area contributed by atoms with E-state index in [0.717, 1.165) is 5.56 Å². The Balaban J connectivity index is 1.34. The molecule has 2 aromatic heterocycles. The van der Waals surface area contributed by atoms with Crippen LogP contribution in [-0.2, 0) is 22.6 Å². The topological polar surface area (TPSA) is 112 Å². The summed E-state index contributed by atoms with van der Waals surface area (Å²) in [7, 11) is 0. The number of aromatic nitrogens is 3. The average molecular weight is 597 g/mol. The molecule has 9 nitrogen and oxygen atoms in total. The Morgan fingerprint density at radius 2 is 2.00 bits per heavy atom. The highest BCUT2D eigenvalue weighted by Gasteiger charge is 2.49. The number of amides is 2. The van der Waals surface area contributed by atoms with Gasteiger partial charge in [-0.3, -0.25) is 14.5 Å². The molecule has 2 aliphatic heterocycles. The van der Waals surface area contributed by atoms with E-state index in [2.05, 4.69) is 25.6 Å². The number of rotatable bonds is 7. The molecular formula is C26H25Cl2F3N6O3. The Kier molecular flexibility index (Phi) is 7.79. The minimum atomic E-state index is -4.32. The fourth-order valence-electron chi connectivity index (χ4n) is 4.88. The number of hydrogen-bond donors (Lipinski definition) is 3. The predicted octanol–water partition coefficient (Wildman–Crippen LogP) is 4.50. The van der Waals surface area contributed by atoms with Gasteiger partial charge < -0.3 is 20.4 Å². The van der Waals surface area contributed by atoms with Crippen molar-refractivity contribution >= 4 is 35.0 Å². The van der Waals surface area contributed by atoms with Crippen LogP contribution in [0.2, 0.25) is 10.2 Å². The van der Waals surface area contributed by atoms with E-state index in [1.165, 1.54) is 17.2 Å². The van der Waals surface area contributed by atoms with Crippen LogP contribution in [0.1, 0.15) is 58.6 Å². The molecule has 14 heteroatoms. The number of carbonyl (C=O) groups excluding carboxylic acids is 2. The maximum Gasteiger partial charge on any atom is 0.401 e. The van der Waals surface area contributed by atoms with E-state index < -0.39 is 42.2 Å². The quantitative estimate of drug-likeness (QED) is 0.370. The van der Waals surface area contributed by atoms with Gasteiger partial charge in [-0.2, -0.15) is 13.2 Å². The van der Waals surface area contributed by atoms with Crippen molar-refractivity contribution in [2.75, 3.05) is 13.2 Å². The minimum Gasteiger partial charge on any atom is -0.370 e. The molecule has 0 saturated carbocycles. The Morgan fingerprint density at radius 3 is 2.67 bits per heavy atom. The number of benzene rings is 1. The largest absolute Gasteiger partial charge is 0.401 e. The molecule has 2 aliphatic rings. The van der Waals surface area contributed by atoms with E-state index in [1.807, 2.05) is 30.3 Å². The summed E-state index contributed by atoms with van der Waals surface area (Å²) in [6, 6.07) is 9.95. The fraction of sp³-hybridized carbons (Fsp3) is 0.385. The van der Waals surface area contributed by atoms with E-state index >= 15 is 0 Å². The Hall–Kier alpha value is -3.19. The van der Waals surface area contributed by atoms with Crippen LogP contribution in [0.3, 0.4) is 0 Å². The number of carbonyl (C=O) groups is 2. The van der Waals surface area contributed by atoms with Gasteiger partial charge in [0, 0.05) is 31.3 Å². The van der Waals surface area contributed by atoms with E-state index in [1.54, 1.807) is 6.92 Å². The van der Waals surface area contributed by atoms with Crippen molar-refractivity contribution in [3.8, 4) is 0 Å². The van der Waals surface area contributed by atoms with Gasteiger partial charge in [0.15, 0.2) is 5.82 Å². The van der Waals surface area contributed by atoms with Gasteiger partial charge in [-0.1, -0.05) is 53.5 Å². The number of nitrogens with zero attached hydrogens (tertiary/aromatic N) is 3. The second kappa shape index (κ2) is 11.0. The Labute approximate surface area is 237 Å². The molecule has 3 atom stereocenters. The fourth-order valence-corrected chi connectivity index (χ4v) is 5.19. The van der Waals surface area contributed by atoms with Crippen LogP contribution >= 0.6 is 23.2 Å². The van der Waals surface area contributed by atoms with Crippen molar-refractivity contribution < 1.29 is 27.5 Å². The summed E-state index contributed by atoms with van der Waals surface area (Å²) >= 11 is 12.0. The summed E-state index contributed by atoms with van der Waals surface area (Å²) in [5.74, 6) is -0.894. The zero-order valence-corrected chi connectivity index (χ0v) is 22.7. The van der Waals surface area contributed by atoms with Crippen LogP contribution in [0, 0.1) is 0 Å². The summed E-state index contributed by atoms with van der Waals surface area (Å²) in [6.45, 7) is 0.616. The summed E-state index contributed by atoms with van der Waals surface area (Å²) in [5.41, 5.74) is 0.538. The molecule has 0 unspecified atom stereocenters. The maximum absolute atomic E-state index is 13.8. The lowest BCUT2D eigenvalue weighted by Crippen LogP contribution is -2.59. The lowest BCUT2D eigenvalue weighted by atomic mass is 9.91. The number of ether oxygens (including phenoxy) is 1. The van der Waals surface area contributed by atoms with Gasteiger partial charge >= 0.3 is 6.18 Å². The molecule has 4 heterocycles. The summed E-state index contributed by atoms with van der Waals surface area (Å²) in [6.07, 6.45) is -3.16. The summed E-state index contributed by atoms with van der Waals surface area (Å²) in [5, 5.41) is 5.89. The second-order valence-electron chi connectivity index (χ2n) is 9.95. The molecule has 2 amide bonds. The van der Waals surface area contributed by atoms with Gasteiger partial charge in [0.25, 0.3) is 5.91 Å². The number of H-pyrrole nitrogens is 1. The van der Waals surface area contributed by atoms with Gasteiger partial charge in [-0.15, -0.1) is 0 Å². The van der Waals surface area contributed by atoms with Gasteiger partial charge in [-0.05, 0) is 18.6 Å². The van der Waals surface area contributed by atoms with E-state index in [-0.39, 0.29) is 47.8 Å². The number of fused-ring (bicyclic) bond motifs is 1. The summed E-state index contributed by atoms with van der Waals surface area (Å²) < 4.78 is 44.5. The van der Waals surface area contributed by atoms with Crippen LogP contribution in [-0.4, -0.2) is 56.5 Å². The molecule has 1 fully saturated rings. The van der Waals surface area contributed by atoms with E-state index in [4.69, 9.17) is 27.9 Å². The second-order valence-corrected chi connectivity index (χ2v) is 10.7. The van der Waals surface area contributed by atoms with Crippen molar-refractivity contribution in [2.45, 2.75) is 50.3 Å². The molecule has 0 spiro atoms. The highest BCUT2D eigenvalue weighted by atomic mass is 35.5. The minimum absolute atomic E-state index is 0.0267. The van der Waals surface area contributed by atoms with Crippen molar-refractivity contribution in [3.05, 3.63) is 81.1 Å². The number of halogens is 5. The van der Waals surface area contributed by atoms with Gasteiger partial charge in [0.2, 0.25) is 5.91 Å². The standard InChI is InChI=1S/C26H25Cl2F3N6O3/c1-14(22-32-9-16-10-37(11-19(16)35-22)12-26(29,30)31)33-24(39)25(36-23(38)18-7-17(27)21(28)34-18)8-20(40-13-25)15-5-3-2-4-6-15/h2-7,9,14,20,34H,8,10-13H2,1H3,(H,33,39)(H,36,38)/t14-,20-,25+/m0/s1. The molecule has 1 saturated heterocycles. The zero-order valence-electron chi connectivity index (χ0n) is 21.2. The highest BCUT2D eigenvalue weighted by Crippen LogP contribution is 2.36. The highest BCUT2D eigenvalue weighted by molar-refractivity contribution is 6.41. The summed E-state index contributed by atoms with van der Waals surface area (Å²) in [4.78, 5) is 39.5. The van der Waals surface area contributed by atoms with E-state index in [9.17, 15) is 22.8 Å². The molecule has 5 rings (SSSR count). The average Bonchev–Trinajstić information content (AvgIpc) is 3.60. The first kappa shape index (κ1) is 28.3. The molecule has 3 aromatic rings. The number of aromatic amines is 1. The molecule has 1 aromatic carbocycles. The normalized spacial score (nSPS) is 21.7. The lowest BCUT2D eigenvalue weighted by Gasteiger charge is -2.29. The molecule has 40 heavy (non-hydrogen) atoms. The van der Waals surface area contributed by atoms with Crippen LogP contribution in [0.15, 0.2) is 42.6 Å². The Bertz CT molecular complexity index is 1400. The first-order valence-corrected chi connectivity index (χ1v) is 13.2. The number of nitrogens with one attached hydrogen (secondary N) is 3. The van der Waals surface area contributed by atoms with E-state index in [0.29, 0.717) is 11.3 Å². The number of hydrogen-bond acceptors (Lipinski definition) is 6. The smallest absolute Gasteiger partial charge is 0.370 e. The van der Waals surface area contributed by atoms with Crippen molar-refractivity contribution in [1.29, 1.82) is 0 Å². The van der Waals surface area contributed by atoms with Crippen molar-refractivity contribution in [2.24, 2.45) is 0 Å². The maximum atomic E-state index is 13.8. The van der Waals surface area contributed by atoms with Crippen LogP contribution < -0.4 is 10.6 Å². The van der Waals surface area contributed by atoms with Gasteiger partial charge in [-0.25, -0.2) is 9.97 Å². The first-order valence-electron chi connectivity index (χ1n) is 12.4. The van der Waals surface area contributed by atoms with Gasteiger partial charge in [0.05, 0.1) is 36.0 Å². The molecule has 3 N–H and O–H groups in total. The van der Waals surface area contributed by atoms with Crippen LogP contribution in [0.5, 0.6) is 0 Å². The lowest BCUT2D eigenvalue weighted by molar-refractivity contribution is -0.147. The third-order valence-corrected chi connectivity index (χ3v) is 7.56. The van der Waals surface area contributed by atoms with Crippen LogP contribution in [0.4, 0.5) is 13.2 Å². The third-order valence-electron chi connectivity index (χ3n) is 6.87. The molecule has 0 bridgehead atoms. The zero-order chi connectivity index (χ0) is 28.7. The van der Waals surface area contributed by atoms with Crippen molar-refractivity contribution in [1.82, 2.24) is 30.5 Å². The monoisotopic (exact) mass is 596 g/mol. The van der Waals surface area contributed by atoms with Gasteiger partial charge in [0.1, 0.15) is 16.4 Å². The SMILES string of the molecule is C[C@H](NC(=O)[C@]1(NC(=O)c2cc(Cl)c(Cl)[nH]2)CO[C@H](c2ccccc2)C1)c1ncc2c(n1)CN(CC(F)(F)F)C2. The van der Waals surface area contributed by atoms with Crippen LogP contribution in [0.25, 0.3) is 0 Å². The third kappa shape index (κ3) is 6.09. The molecule has 212 valence electrons. The van der Waals surface area contributed by atoms with Crippen molar-refractivity contribution in [3.63, 3.8) is 0 Å². The predicted molar refractivity (Wildman–Crippen MR) is 140 cm³/mol. The number of alkyl halides is 3.